The highest BCUT2D eigenvalue weighted by Crippen LogP contribution is 2.44. The monoisotopic (exact) mass is 198 g/mol. The second-order valence-electron chi connectivity index (χ2n) is 4.33. The van der Waals surface area contributed by atoms with Gasteiger partial charge in [0.15, 0.2) is 0 Å². The maximum atomic E-state index is 11.7. The van der Waals surface area contributed by atoms with Gasteiger partial charge in [0.2, 0.25) is 5.91 Å². The van der Waals surface area contributed by atoms with Crippen LogP contribution in [0, 0.1) is 5.41 Å². The minimum absolute atomic E-state index is 0.121. The first-order valence-electron chi connectivity index (χ1n) is 5.37. The van der Waals surface area contributed by atoms with E-state index in [1.165, 1.54) is 0 Å². The highest BCUT2D eigenvalue weighted by molar-refractivity contribution is 5.85. The lowest BCUT2D eigenvalue weighted by Crippen LogP contribution is -2.40. The molecule has 1 amide bonds. The molecule has 1 atom stereocenters. The molecule has 80 valence electrons. The maximum absolute atomic E-state index is 11.7. The second-order valence-corrected chi connectivity index (χ2v) is 4.33. The van der Waals surface area contributed by atoms with E-state index in [0.29, 0.717) is 13.1 Å². The van der Waals surface area contributed by atoms with Crippen LogP contribution in [0.3, 0.4) is 0 Å². The van der Waals surface area contributed by atoms with E-state index < -0.39 is 0 Å². The SMILES string of the molecule is NCC1(C(=O)NCC2CCCO2)CC1. The van der Waals surface area contributed by atoms with Crippen molar-refractivity contribution in [1.82, 2.24) is 5.32 Å². The predicted octanol–water partition coefficient (Wildman–Crippen LogP) is 0.0205. The molecule has 1 heterocycles. The van der Waals surface area contributed by atoms with Crippen LogP contribution in [0.1, 0.15) is 25.7 Å². The van der Waals surface area contributed by atoms with Crippen molar-refractivity contribution in [3.05, 3.63) is 0 Å². The second kappa shape index (κ2) is 3.87. The third kappa shape index (κ3) is 1.91. The van der Waals surface area contributed by atoms with E-state index in [2.05, 4.69) is 5.32 Å². The molecule has 4 heteroatoms. The third-order valence-corrected chi connectivity index (χ3v) is 3.24. The van der Waals surface area contributed by atoms with Crippen LogP contribution in [-0.2, 0) is 9.53 Å². The van der Waals surface area contributed by atoms with Gasteiger partial charge in [0, 0.05) is 19.7 Å². The van der Waals surface area contributed by atoms with Crippen molar-refractivity contribution in [2.24, 2.45) is 11.1 Å². The van der Waals surface area contributed by atoms with Crippen molar-refractivity contribution in [3.63, 3.8) is 0 Å². The molecular formula is C10H18N2O2. The van der Waals surface area contributed by atoms with Crippen LogP contribution in [0.15, 0.2) is 0 Å². The number of carbonyl (C=O) groups excluding carboxylic acids is 1. The van der Waals surface area contributed by atoms with Crippen molar-refractivity contribution in [2.75, 3.05) is 19.7 Å². The molecule has 14 heavy (non-hydrogen) atoms. The van der Waals surface area contributed by atoms with Gasteiger partial charge in [0.1, 0.15) is 0 Å². The molecule has 2 fully saturated rings. The van der Waals surface area contributed by atoms with E-state index in [9.17, 15) is 4.79 Å². The lowest BCUT2D eigenvalue weighted by atomic mass is 10.1. The van der Waals surface area contributed by atoms with E-state index in [-0.39, 0.29) is 17.4 Å². The Bertz CT molecular complexity index is 220. The third-order valence-electron chi connectivity index (χ3n) is 3.24. The lowest BCUT2D eigenvalue weighted by Gasteiger charge is -2.15. The number of amides is 1. The Kier molecular flexibility index (Phi) is 2.74. The summed E-state index contributed by atoms with van der Waals surface area (Å²) in [6, 6.07) is 0. The van der Waals surface area contributed by atoms with Gasteiger partial charge in [-0.05, 0) is 25.7 Å². The minimum Gasteiger partial charge on any atom is -0.376 e. The zero-order chi connectivity index (χ0) is 10.0. The van der Waals surface area contributed by atoms with Crippen molar-refractivity contribution in [1.29, 1.82) is 0 Å². The molecule has 0 aromatic carbocycles. The molecular weight excluding hydrogens is 180 g/mol. The molecule has 1 unspecified atom stereocenters. The van der Waals surface area contributed by atoms with E-state index >= 15 is 0 Å². The molecule has 3 N–H and O–H groups in total. The number of carbonyl (C=O) groups is 1. The van der Waals surface area contributed by atoms with Crippen molar-refractivity contribution >= 4 is 5.91 Å². The summed E-state index contributed by atoms with van der Waals surface area (Å²) in [5, 5.41) is 2.93. The number of nitrogens with one attached hydrogen (secondary N) is 1. The summed E-state index contributed by atoms with van der Waals surface area (Å²) in [5.74, 6) is 0.121. The normalized spacial score (nSPS) is 28.8. The molecule has 0 bridgehead atoms. The van der Waals surface area contributed by atoms with Crippen LogP contribution in [-0.4, -0.2) is 31.7 Å². The van der Waals surface area contributed by atoms with Gasteiger partial charge in [0.05, 0.1) is 11.5 Å². The summed E-state index contributed by atoms with van der Waals surface area (Å²) in [4.78, 5) is 11.7. The minimum atomic E-state index is -0.224. The highest BCUT2D eigenvalue weighted by atomic mass is 16.5. The Morgan fingerprint density at radius 2 is 2.36 bits per heavy atom. The van der Waals surface area contributed by atoms with E-state index in [0.717, 1.165) is 32.3 Å². The van der Waals surface area contributed by atoms with Crippen molar-refractivity contribution in [3.8, 4) is 0 Å². The Morgan fingerprint density at radius 1 is 1.57 bits per heavy atom. The van der Waals surface area contributed by atoms with E-state index in [1.54, 1.807) is 0 Å². The average Bonchev–Trinajstić information content (AvgIpc) is 2.84. The summed E-state index contributed by atoms with van der Waals surface area (Å²) in [6.07, 6.45) is 4.30. The van der Waals surface area contributed by atoms with Gasteiger partial charge in [-0.25, -0.2) is 0 Å². The standard InChI is InChI=1S/C10H18N2O2/c11-7-10(3-4-10)9(13)12-6-8-2-1-5-14-8/h8H,1-7,11H2,(H,12,13). The summed E-state index contributed by atoms with van der Waals surface area (Å²) >= 11 is 0. The smallest absolute Gasteiger partial charge is 0.227 e. The maximum Gasteiger partial charge on any atom is 0.227 e. The van der Waals surface area contributed by atoms with Gasteiger partial charge in [-0.3, -0.25) is 4.79 Å². The Labute approximate surface area is 84.2 Å². The average molecular weight is 198 g/mol. The van der Waals surface area contributed by atoms with Gasteiger partial charge in [-0.2, -0.15) is 0 Å². The summed E-state index contributed by atoms with van der Waals surface area (Å²) in [7, 11) is 0. The van der Waals surface area contributed by atoms with Crippen LogP contribution in [0.4, 0.5) is 0 Å². The fraction of sp³-hybridized carbons (Fsp3) is 0.900. The van der Waals surface area contributed by atoms with Gasteiger partial charge >= 0.3 is 0 Å². The quantitative estimate of drug-likeness (QED) is 0.669. The lowest BCUT2D eigenvalue weighted by molar-refractivity contribution is -0.126. The largest absolute Gasteiger partial charge is 0.376 e. The molecule has 1 aliphatic carbocycles. The van der Waals surface area contributed by atoms with E-state index in [4.69, 9.17) is 10.5 Å². The first-order valence-corrected chi connectivity index (χ1v) is 5.37. The fourth-order valence-electron chi connectivity index (χ4n) is 1.87. The summed E-state index contributed by atoms with van der Waals surface area (Å²) in [6.45, 7) is 1.97. The van der Waals surface area contributed by atoms with Crippen LogP contribution in [0.25, 0.3) is 0 Å². The topological polar surface area (TPSA) is 64.4 Å². The van der Waals surface area contributed by atoms with Gasteiger partial charge in [-0.1, -0.05) is 0 Å². The summed E-state index contributed by atoms with van der Waals surface area (Å²) < 4.78 is 5.42. The van der Waals surface area contributed by atoms with Crippen molar-refractivity contribution < 1.29 is 9.53 Å². The fourth-order valence-corrected chi connectivity index (χ4v) is 1.87. The number of ether oxygens (including phenoxy) is 1. The van der Waals surface area contributed by atoms with Crippen LogP contribution in [0.5, 0.6) is 0 Å². The summed E-state index contributed by atoms with van der Waals surface area (Å²) in [5.41, 5.74) is 5.34. The highest BCUT2D eigenvalue weighted by Gasteiger charge is 2.48. The van der Waals surface area contributed by atoms with Crippen LogP contribution >= 0.6 is 0 Å². The van der Waals surface area contributed by atoms with Crippen LogP contribution in [0.2, 0.25) is 0 Å². The Balaban J connectivity index is 1.72. The number of rotatable bonds is 4. The van der Waals surface area contributed by atoms with Gasteiger partial charge in [0.25, 0.3) is 0 Å². The molecule has 1 aliphatic heterocycles. The Morgan fingerprint density at radius 3 is 2.86 bits per heavy atom. The number of hydrogen-bond acceptors (Lipinski definition) is 3. The van der Waals surface area contributed by atoms with Gasteiger partial charge in [-0.15, -0.1) is 0 Å². The van der Waals surface area contributed by atoms with Crippen molar-refractivity contribution in [2.45, 2.75) is 31.8 Å². The zero-order valence-electron chi connectivity index (χ0n) is 8.42. The zero-order valence-corrected chi connectivity index (χ0v) is 8.42. The molecule has 4 nitrogen and oxygen atoms in total. The van der Waals surface area contributed by atoms with Gasteiger partial charge < -0.3 is 15.8 Å². The Hall–Kier alpha value is -0.610. The molecule has 0 spiro atoms. The first-order chi connectivity index (χ1) is 6.77. The molecule has 2 rings (SSSR count). The number of nitrogens with two attached hydrogens (primary N) is 1. The molecule has 0 aromatic heterocycles. The molecule has 0 aromatic rings. The predicted molar refractivity (Wildman–Crippen MR) is 52.7 cm³/mol. The molecule has 1 saturated carbocycles. The van der Waals surface area contributed by atoms with E-state index in [1.807, 2.05) is 0 Å². The molecule has 1 saturated heterocycles. The molecule has 0 radical (unpaired) electrons. The first kappa shape index (κ1) is 9.93. The number of hydrogen-bond donors (Lipinski definition) is 2. The molecule has 2 aliphatic rings. The van der Waals surface area contributed by atoms with Crippen LogP contribution < -0.4 is 11.1 Å².